The number of hydrogen-bond donors (Lipinski definition) is 1. The van der Waals surface area contributed by atoms with Crippen molar-refractivity contribution >= 4 is 28.3 Å². The van der Waals surface area contributed by atoms with Gasteiger partial charge in [-0.05, 0) is 19.1 Å². The second-order valence-corrected chi connectivity index (χ2v) is 5.02. The molecule has 0 saturated carbocycles. The zero-order valence-electron chi connectivity index (χ0n) is 11.7. The van der Waals surface area contributed by atoms with E-state index in [1.807, 2.05) is 43.3 Å². The van der Waals surface area contributed by atoms with Gasteiger partial charge in [-0.15, -0.1) is 0 Å². The molecule has 21 heavy (non-hydrogen) atoms. The van der Waals surface area contributed by atoms with E-state index >= 15 is 0 Å². The van der Waals surface area contributed by atoms with E-state index in [-0.39, 0.29) is 0 Å². The molecule has 0 bridgehead atoms. The summed E-state index contributed by atoms with van der Waals surface area (Å²) in [4.78, 5) is 8.55. The van der Waals surface area contributed by atoms with Gasteiger partial charge in [-0.3, -0.25) is 0 Å². The highest BCUT2D eigenvalue weighted by Gasteiger charge is 2.08. The highest BCUT2D eigenvalue weighted by Crippen LogP contribution is 2.33. The number of ether oxygens (including phenoxy) is 1. The van der Waals surface area contributed by atoms with Gasteiger partial charge >= 0.3 is 0 Å². The van der Waals surface area contributed by atoms with E-state index in [0.717, 1.165) is 22.2 Å². The molecule has 0 aliphatic rings. The first-order chi connectivity index (χ1) is 10.2. The van der Waals surface area contributed by atoms with Gasteiger partial charge in [-0.2, -0.15) is 4.98 Å². The molecule has 1 N–H and O–H groups in total. The van der Waals surface area contributed by atoms with Crippen molar-refractivity contribution in [2.45, 2.75) is 6.92 Å². The number of anilines is 1. The Kier molecular flexibility index (Phi) is 3.62. The van der Waals surface area contributed by atoms with Gasteiger partial charge in [0.2, 0.25) is 11.8 Å². The van der Waals surface area contributed by atoms with Gasteiger partial charge in [-0.1, -0.05) is 35.9 Å². The van der Waals surface area contributed by atoms with Gasteiger partial charge in [0, 0.05) is 34.6 Å². The highest BCUT2D eigenvalue weighted by atomic mass is 35.5. The number of nitrogens with one attached hydrogen (secondary N) is 1. The Balaban J connectivity index is 2.06. The lowest BCUT2D eigenvalue weighted by Gasteiger charge is -2.10. The molecule has 0 atom stereocenters. The van der Waals surface area contributed by atoms with Gasteiger partial charge in [0.15, 0.2) is 0 Å². The number of aryl methyl sites for hydroxylation is 1. The number of benzene rings is 2. The number of rotatable bonds is 3. The van der Waals surface area contributed by atoms with Crippen LogP contribution in [0.3, 0.4) is 0 Å². The molecule has 0 amide bonds. The van der Waals surface area contributed by atoms with E-state index in [4.69, 9.17) is 16.3 Å². The third-order valence-electron chi connectivity index (χ3n) is 3.10. The minimum absolute atomic E-state index is 0.499. The second-order valence-electron chi connectivity index (χ2n) is 4.61. The van der Waals surface area contributed by atoms with E-state index in [2.05, 4.69) is 15.3 Å². The van der Waals surface area contributed by atoms with Gasteiger partial charge in [-0.25, -0.2) is 4.98 Å². The van der Waals surface area contributed by atoms with Crippen LogP contribution in [0, 0.1) is 6.92 Å². The van der Waals surface area contributed by atoms with Crippen molar-refractivity contribution in [1.29, 1.82) is 0 Å². The van der Waals surface area contributed by atoms with Crippen molar-refractivity contribution in [2.75, 3.05) is 12.4 Å². The largest absolute Gasteiger partial charge is 0.438 e. The van der Waals surface area contributed by atoms with Gasteiger partial charge in [0.05, 0.1) is 0 Å². The lowest BCUT2D eigenvalue weighted by atomic mass is 10.1. The van der Waals surface area contributed by atoms with Crippen LogP contribution in [0.4, 0.5) is 5.95 Å². The molecule has 5 heteroatoms. The van der Waals surface area contributed by atoms with Crippen LogP contribution >= 0.6 is 11.6 Å². The fourth-order valence-electron chi connectivity index (χ4n) is 2.14. The summed E-state index contributed by atoms with van der Waals surface area (Å²) in [5.41, 5.74) is 0.836. The summed E-state index contributed by atoms with van der Waals surface area (Å²) in [6, 6.07) is 13.3. The Bertz CT molecular complexity index is 805. The van der Waals surface area contributed by atoms with E-state index in [1.54, 1.807) is 13.1 Å². The smallest absolute Gasteiger partial charge is 0.225 e. The average molecular weight is 300 g/mol. The SMILES string of the molecule is CNc1nc(C)cc(Oc2ccc(Cl)c3ccccc23)n1. The van der Waals surface area contributed by atoms with E-state index < -0.39 is 0 Å². The maximum atomic E-state index is 6.21. The standard InChI is InChI=1S/C16H14ClN3O/c1-10-9-15(20-16(18-2)19-10)21-14-8-7-13(17)11-5-3-4-6-12(11)14/h3-9H,1-2H3,(H,18,19,20). The summed E-state index contributed by atoms with van der Waals surface area (Å²) in [6.07, 6.45) is 0. The molecule has 0 radical (unpaired) electrons. The third-order valence-corrected chi connectivity index (χ3v) is 3.43. The van der Waals surface area contributed by atoms with Gasteiger partial charge < -0.3 is 10.1 Å². The number of nitrogens with zero attached hydrogens (tertiary/aromatic N) is 2. The van der Waals surface area contributed by atoms with Crippen LogP contribution in [0.25, 0.3) is 10.8 Å². The molecule has 106 valence electrons. The zero-order chi connectivity index (χ0) is 14.8. The predicted molar refractivity (Wildman–Crippen MR) is 85.3 cm³/mol. The molecule has 0 fully saturated rings. The van der Waals surface area contributed by atoms with Gasteiger partial charge in [0.25, 0.3) is 0 Å². The first-order valence-corrected chi connectivity index (χ1v) is 6.94. The van der Waals surface area contributed by atoms with E-state index in [0.29, 0.717) is 16.9 Å². The third kappa shape index (κ3) is 2.76. The topological polar surface area (TPSA) is 47.0 Å². The van der Waals surface area contributed by atoms with Crippen molar-refractivity contribution in [3.63, 3.8) is 0 Å². The van der Waals surface area contributed by atoms with E-state index in [9.17, 15) is 0 Å². The summed E-state index contributed by atoms with van der Waals surface area (Å²) in [5.74, 6) is 1.75. The summed E-state index contributed by atoms with van der Waals surface area (Å²) < 4.78 is 5.92. The van der Waals surface area contributed by atoms with Crippen molar-refractivity contribution in [2.24, 2.45) is 0 Å². The molecule has 0 aliphatic heterocycles. The second kappa shape index (κ2) is 5.58. The molecule has 0 spiro atoms. The van der Waals surface area contributed by atoms with Crippen LogP contribution in [-0.2, 0) is 0 Å². The Hall–Kier alpha value is -2.33. The van der Waals surface area contributed by atoms with Crippen LogP contribution in [0.2, 0.25) is 5.02 Å². The normalized spacial score (nSPS) is 10.6. The molecule has 0 saturated heterocycles. The Morgan fingerprint density at radius 1 is 1.05 bits per heavy atom. The number of halogens is 1. The Labute approximate surface area is 127 Å². The Morgan fingerprint density at radius 2 is 1.81 bits per heavy atom. The molecule has 1 heterocycles. The zero-order valence-corrected chi connectivity index (χ0v) is 12.5. The maximum Gasteiger partial charge on any atom is 0.225 e. The van der Waals surface area contributed by atoms with E-state index in [1.165, 1.54) is 0 Å². The summed E-state index contributed by atoms with van der Waals surface area (Å²) in [7, 11) is 1.77. The fraction of sp³-hybridized carbons (Fsp3) is 0.125. The van der Waals surface area contributed by atoms with Crippen molar-refractivity contribution < 1.29 is 4.74 Å². The molecule has 4 nitrogen and oxygen atoms in total. The molecule has 1 aromatic heterocycles. The summed E-state index contributed by atoms with van der Waals surface area (Å²) >= 11 is 6.21. The van der Waals surface area contributed by atoms with Crippen molar-refractivity contribution in [3.8, 4) is 11.6 Å². The molecule has 3 rings (SSSR count). The molecule has 3 aromatic rings. The summed E-state index contributed by atoms with van der Waals surface area (Å²) in [5, 5.41) is 5.52. The van der Waals surface area contributed by atoms with Gasteiger partial charge in [0.1, 0.15) is 5.75 Å². The molecular weight excluding hydrogens is 286 g/mol. The van der Waals surface area contributed by atoms with Crippen LogP contribution in [-0.4, -0.2) is 17.0 Å². The number of aromatic nitrogens is 2. The van der Waals surface area contributed by atoms with Crippen molar-refractivity contribution in [3.05, 3.63) is 53.2 Å². The Morgan fingerprint density at radius 3 is 2.57 bits per heavy atom. The number of hydrogen-bond acceptors (Lipinski definition) is 4. The quantitative estimate of drug-likeness (QED) is 0.777. The molecular formula is C16H14ClN3O. The predicted octanol–water partition coefficient (Wildman–Crippen LogP) is 4.43. The monoisotopic (exact) mass is 299 g/mol. The van der Waals surface area contributed by atoms with Crippen molar-refractivity contribution in [1.82, 2.24) is 9.97 Å². The summed E-state index contributed by atoms with van der Waals surface area (Å²) in [6.45, 7) is 1.90. The minimum Gasteiger partial charge on any atom is -0.438 e. The lowest BCUT2D eigenvalue weighted by molar-refractivity contribution is 0.467. The lowest BCUT2D eigenvalue weighted by Crippen LogP contribution is -1.99. The maximum absolute atomic E-state index is 6.21. The van der Waals surface area contributed by atoms with Crippen LogP contribution in [0.15, 0.2) is 42.5 Å². The highest BCUT2D eigenvalue weighted by molar-refractivity contribution is 6.35. The average Bonchev–Trinajstić information content (AvgIpc) is 2.50. The molecule has 2 aromatic carbocycles. The first kappa shape index (κ1) is 13.6. The number of fused-ring (bicyclic) bond motifs is 1. The fourth-order valence-corrected chi connectivity index (χ4v) is 2.37. The van der Waals surface area contributed by atoms with Crippen LogP contribution in [0.1, 0.15) is 5.69 Å². The first-order valence-electron chi connectivity index (χ1n) is 6.56. The van der Waals surface area contributed by atoms with Crippen LogP contribution in [0.5, 0.6) is 11.6 Å². The molecule has 0 unspecified atom stereocenters. The van der Waals surface area contributed by atoms with Crippen LogP contribution < -0.4 is 10.1 Å². The minimum atomic E-state index is 0.499. The molecule has 0 aliphatic carbocycles.